The summed E-state index contributed by atoms with van der Waals surface area (Å²) in [5.74, 6) is -1.16. The first-order valence-corrected chi connectivity index (χ1v) is 9.06. The van der Waals surface area contributed by atoms with Crippen molar-refractivity contribution in [3.63, 3.8) is 0 Å². The number of ether oxygens (including phenoxy) is 1. The molecule has 1 amide bonds. The van der Waals surface area contributed by atoms with Crippen LogP contribution in [-0.2, 0) is 16.0 Å². The van der Waals surface area contributed by atoms with Crippen LogP contribution in [0.3, 0.4) is 0 Å². The van der Waals surface area contributed by atoms with E-state index >= 15 is 0 Å². The summed E-state index contributed by atoms with van der Waals surface area (Å²) in [4.78, 5) is 24.8. The highest BCUT2D eigenvalue weighted by Gasteiger charge is 2.20. The van der Waals surface area contributed by atoms with Gasteiger partial charge in [-0.15, -0.1) is 11.3 Å². The van der Waals surface area contributed by atoms with Crippen LogP contribution in [0.25, 0.3) is 10.1 Å². The number of thiophene rings is 1. The standard InChI is InChI=1S/C20H18FNO3S/c1-13(19(23)22-11-10-14-6-8-16(21)9-7-14)25-20(24)18-12-15-4-2-3-5-17(15)26-18/h2-9,12-13H,10-11H2,1H3,(H,22,23)/t13-/m0/s1. The summed E-state index contributed by atoms with van der Waals surface area (Å²) in [6, 6.07) is 15.5. The topological polar surface area (TPSA) is 55.4 Å². The van der Waals surface area contributed by atoms with Crippen LogP contribution in [0.2, 0.25) is 0 Å². The van der Waals surface area contributed by atoms with Crippen molar-refractivity contribution in [1.82, 2.24) is 5.32 Å². The zero-order valence-corrected chi connectivity index (χ0v) is 15.0. The fourth-order valence-corrected chi connectivity index (χ4v) is 3.43. The van der Waals surface area contributed by atoms with Gasteiger partial charge in [0.1, 0.15) is 10.7 Å². The van der Waals surface area contributed by atoms with Gasteiger partial charge in [-0.2, -0.15) is 0 Å². The highest BCUT2D eigenvalue weighted by atomic mass is 32.1. The number of hydrogen-bond donors (Lipinski definition) is 1. The molecule has 0 saturated carbocycles. The molecule has 0 spiro atoms. The molecule has 0 aliphatic rings. The predicted molar refractivity (Wildman–Crippen MR) is 99.8 cm³/mol. The summed E-state index contributed by atoms with van der Waals surface area (Å²) >= 11 is 1.34. The first kappa shape index (κ1) is 18.1. The first-order valence-electron chi connectivity index (χ1n) is 8.24. The van der Waals surface area contributed by atoms with Crippen molar-refractivity contribution in [2.75, 3.05) is 6.54 Å². The van der Waals surface area contributed by atoms with Crippen LogP contribution in [-0.4, -0.2) is 24.5 Å². The van der Waals surface area contributed by atoms with Crippen LogP contribution in [0.15, 0.2) is 54.6 Å². The quantitative estimate of drug-likeness (QED) is 0.668. The van der Waals surface area contributed by atoms with Crippen molar-refractivity contribution in [2.45, 2.75) is 19.4 Å². The molecular weight excluding hydrogens is 353 g/mol. The number of rotatable bonds is 6. The molecule has 2 aromatic carbocycles. The number of fused-ring (bicyclic) bond motifs is 1. The Morgan fingerprint density at radius 2 is 1.88 bits per heavy atom. The van der Waals surface area contributed by atoms with Crippen molar-refractivity contribution >= 4 is 33.3 Å². The Morgan fingerprint density at radius 1 is 1.15 bits per heavy atom. The molecule has 26 heavy (non-hydrogen) atoms. The monoisotopic (exact) mass is 371 g/mol. The van der Waals surface area contributed by atoms with Crippen molar-refractivity contribution in [3.8, 4) is 0 Å². The zero-order valence-electron chi connectivity index (χ0n) is 14.2. The average molecular weight is 371 g/mol. The number of halogens is 1. The maximum Gasteiger partial charge on any atom is 0.349 e. The number of esters is 1. The molecule has 1 atom stereocenters. The maximum absolute atomic E-state index is 12.9. The number of amides is 1. The van der Waals surface area contributed by atoms with E-state index in [1.165, 1.54) is 23.5 Å². The fourth-order valence-electron chi connectivity index (χ4n) is 2.48. The normalized spacial score (nSPS) is 11.9. The smallest absolute Gasteiger partial charge is 0.349 e. The van der Waals surface area contributed by atoms with Gasteiger partial charge in [0.05, 0.1) is 0 Å². The van der Waals surface area contributed by atoms with Crippen LogP contribution in [0, 0.1) is 5.82 Å². The second kappa shape index (κ2) is 8.10. The van der Waals surface area contributed by atoms with Gasteiger partial charge in [0.2, 0.25) is 0 Å². The van der Waals surface area contributed by atoms with Gasteiger partial charge in [-0.25, -0.2) is 9.18 Å². The largest absolute Gasteiger partial charge is 0.448 e. The second-order valence-corrected chi connectivity index (χ2v) is 6.95. The van der Waals surface area contributed by atoms with Crippen LogP contribution in [0.1, 0.15) is 22.2 Å². The number of carbonyl (C=O) groups is 2. The minimum atomic E-state index is -0.888. The molecule has 3 rings (SSSR count). The molecule has 6 heteroatoms. The summed E-state index contributed by atoms with van der Waals surface area (Å²) < 4.78 is 19.1. The molecule has 0 aliphatic heterocycles. The summed E-state index contributed by atoms with van der Waals surface area (Å²) in [7, 11) is 0. The number of nitrogens with one attached hydrogen (secondary N) is 1. The number of carbonyl (C=O) groups excluding carboxylic acids is 2. The SMILES string of the molecule is C[C@H](OC(=O)c1cc2ccccc2s1)C(=O)NCCc1ccc(F)cc1. The molecule has 0 radical (unpaired) electrons. The van der Waals surface area contributed by atoms with Gasteiger partial charge >= 0.3 is 5.97 Å². The van der Waals surface area contributed by atoms with Crippen LogP contribution >= 0.6 is 11.3 Å². The highest BCUT2D eigenvalue weighted by Crippen LogP contribution is 2.26. The molecule has 134 valence electrons. The van der Waals surface area contributed by atoms with Crippen LogP contribution in [0.5, 0.6) is 0 Å². The molecule has 1 aromatic heterocycles. The first-order chi connectivity index (χ1) is 12.5. The van der Waals surface area contributed by atoms with Gasteiger partial charge < -0.3 is 10.1 Å². The molecule has 1 N–H and O–H groups in total. The van der Waals surface area contributed by atoms with Crippen molar-refractivity contribution < 1.29 is 18.7 Å². The van der Waals surface area contributed by atoms with E-state index in [9.17, 15) is 14.0 Å². The third-order valence-electron chi connectivity index (χ3n) is 3.91. The Balaban J connectivity index is 1.50. The predicted octanol–water partition coefficient (Wildman–Crippen LogP) is 3.94. The molecule has 3 aromatic rings. The minimum absolute atomic E-state index is 0.292. The second-order valence-electron chi connectivity index (χ2n) is 5.86. The van der Waals surface area contributed by atoms with Gasteiger partial charge in [0, 0.05) is 11.2 Å². The Labute approximate surface area is 154 Å². The Morgan fingerprint density at radius 3 is 2.62 bits per heavy atom. The van der Waals surface area contributed by atoms with E-state index in [0.717, 1.165) is 15.6 Å². The van der Waals surface area contributed by atoms with Gasteiger partial charge in [-0.3, -0.25) is 4.79 Å². The molecule has 0 aliphatic carbocycles. The molecule has 0 saturated heterocycles. The van der Waals surface area contributed by atoms with Gasteiger partial charge in [-0.05, 0) is 48.6 Å². The summed E-state index contributed by atoms with van der Waals surface area (Å²) in [6.07, 6.45) is -0.316. The van der Waals surface area contributed by atoms with Crippen LogP contribution in [0.4, 0.5) is 4.39 Å². The Kier molecular flexibility index (Phi) is 5.63. The molecule has 0 bridgehead atoms. The van der Waals surface area contributed by atoms with Crippen molar-refractivity contribution in [1.29, 1.82) is 0 Å². The summed E-state index contributed by atoms with van der Waals surface area (Å²) in [5, 5.41) is 3.70. The maximum atomic E-state index is 12.9. The molecular formula is C20H18FNO3S. The lowest BCUT2D eigenvalue weighted by molar-refractivity contribution is -0.129. The van der Waals surface area contributed by atoms with E-state index < -0.39 is 12.1 Å². The zero-order chi connectivity index (χ0) is 18.5. The highest BCUT2D eigenvalue weighted by molar-refractivity contribution is 7.20. The molecule has 0 fully saturated rings. The molecule has 4 nitrogen and oxygen atoms in total. The van der Waals surface area contributed by atoms with Crippen molar-refractivity contribution in [3.05, 3.63) is 70.9 Å². The van der Waals surface area contributed by atoms with E-state index in [2.05, 4.69) is 5.32 Å². The number of benzene rings is 2. The number of hydrogen-bond acceptors (Lipinski definition) is 4. The van der Waals surface area contributed by atoms with Crippen molar-refractivity contribution in [2.24, 2.45) is 0 Å². The summed E-state index contributed by atoms with van der Waals surface area (Å²) in [6.45, 7) is 1.92. The van der Waals surface area contributed by atoms with E-state index in [1.54, 1.807) is 25.1 Å². The summed E-state index contributed by atoms with van der Waals surface area (Å²) in [5.41, 5.74) is 0.918. The lowest BCUT2D eigenvalue weighted by atomic mass is 10.1. The van der Waals surface area contributed by atoms with Gasteiger partial charge in [-0.1, -0.05) is 30.3 Å². The Hall–Kier alpha value is -2.73. The van der Waals surface area contributed by atoms with Gasteiger partial charge in [0.25, 0.3) is 5.91 Å². The third-order valence-corrected chi connectivity index (χ3v) is 5.00. The van der Waals surface area contributed by atoms with E-state index in [1.807, 2.05) is 24.3 Å². The van der Waals surface area contributed by atoms with E-state index in [-0.39, 0.29) is 11.7 Å². The van der Waals surface area contributed by atoms with Crippen LogP contribution < -0.4 is 5.32 Å². The lowest BCUT2D eigenvalue weighted by Crippen LogP contribution is -2.36. The molecule has 0 unspecified atom stereocenters. The third kappa shape index (κ3) is 4.46. The fraction of sp³-hybridized carbons (Fsp3) is 0.200. The minimum Gasteiger partial charge on any atom is -0.448 e. The van der Waals surface area contributed by atoms with E-state index in [0.29, 0.717) is 17.8 Å². The lowest BCUT2D eigenvalue weighted by Gasteiger charge is -2.13. The average Bonchev–Trinajstić information content (AvgIpc) is 3.07. The van der Waals surface area contributed by atoms with E-state index in [4.69, 9.17) is 4.74 Å². The Bertz CT molecular complexity index is 887. The molecule has 1 heterocycles. The van der Waals surface area contributed by atoms with Gasteiger partial charge in [0.15, 0.2) is 6.10 Å².